The fourth-order valence-electron chi connectivity index (χ4n) is 1.27. The minimum Gasteiger partial charge on any atom is -0.462 e. The first-order valence-electron chi connectivity index (χ1n) is 5.70. The number of ether oxygens (including phenoxy) is 3. The number of nitrogens with zero attached hydrogens (tertiary/aromatic N) is 1. The normalized spacial score (nSPS) is 12.3. The Bertz CT molecular complexity index is 329. The summed E-state index contributed by atoms with van der Waals surface area (Å²) in [6, 6.07) is -0.690. The van der Waals surface area contributed by atoms with Gasteiger partial charge in [-0.2, -0.15) is 0 Å². The molecule has 0 radical (unpaired) electrons. The third-order valence-electron chi connectivity index (χ3n) is 2.20. The molecule has 1 atom stereocenters. The van der Waals surface area contributed by atoms with Gasteiger partial charge in [-0.05, 0) is 0 Å². The van der Waals surface area contributed by atoms with Gasteiger partial charge >= 0.3 is 5.97 Å². The predicted molar refractivity (Wildman–Crippen MR) is 63.9 cm³/mol. The molecule has 1 heterocycles. The largest absolute Gasteiger partial charge is 0.462 e. The number of aromatic amines is 1. The highest BCUT2D eigenvalue weighted by Crippen LogP contribution is 1.98. The zero-order chi connectivity index (χ0) is 13.2. The summed E-state index contributed by atoms with van der Waals surface area (Å²) in [6.45, 7) is 1.53. The molecule has 102 valence electrons. The van der Waals surface area contributed by atoms with Crippen LogP contribution in [0.1, 0.15) is 5.69 Å². The van der Waals surface area contributed by atoms with Crippen molar-refractivity contribution in [3.8, 4) is 0 Å². The lowest BCUT2D eigenvalue weighted by atomic mass is 10.2. The van der Waals surface area contributed by atoms with Gasteiger partial charge in [-0.15, -0.1) is 0 Å². The van der Waals surface area contributed by atoms with Crippen molar-refractivity contribution in [1.82, 2.24) is 9.97 Å². The molecule has 0 saturated carbocycles. The fraction of sp³-hybridized carbons (Fsp3) is 0.636. The summed E-state index contributed by atoms with van der Waals surface area (Å²) in [7, 11) is 1.60. The number of nitrogens with two attached hydrogens (primary N) is 1. The molecule has 1 rings (SSSR count). The number of esters is 1. The minimum atomic E-state index is -0.690. The highest BCUT2D eigenvalue weighted by atomic mass is 16.6. The van der Waals surface area contributed by atoms with Gasteiger partial charge < -0.3 is 24.9 Å². The third kappa shape index (κ3) is 5.76. The Morgan fingerprint density at radius 3 is 2.89 bits per heavy atom. The van der Waals surface area contributed by atoms with Gasteiger partial charge in [0.05, 0.1) is 26.1 Å². The van der Waals surface area contributed by atoms with Crippen molar-refractivity contribution in [3.05, 3.63) is 18.2 Å². The van der Waals surface area contributed by atoms with Crippen molar-refractivity contribution in [2.45, 2.75) is 12.5 Å². The Morgan fingerprint density at radius 2 is 2.22 bits per heavy atom. The number of hydrogen-bond donors (Lipinski definition) is 2. The summed E-state index contributed by atoms with van der Waals surface area (Å²) in [6.07, 6.45) is 3.54. The molecule has 0 saturated heterocycles. The van der Waals surface area contributed by atoms with Gasteiger partial charge in [-0.25, -0.2) is 4.98 Å². The molecule has 18 heavy (non-hydrogen) atoms. The summed E-state index contributed by atoms with van der Waals surface area (Å²) in [5.41, 5.74) is 6.49. The molecule has 7 heteroatoms. The van der Waals surface area contributed by atoms with E-state index in [1.54, 1.807) is 13.3 Å². The molecule has 1 aromatic heterocycles. The topological polar surface area (TPSA) is 99.5 Å². The Labute approximate surface area is 106 Å². The molecular weight excluding hydrogens is 238 g/mol. The van der Waals surface area contributed by atoms with Crippen LogP contribution in [0, 0.1) is 0 Å². The number of carbonyl (C=O) groups is 1. The van der Waals surface area contributed by atoms with E-state index in [-0.39, 0.29) is 6.61 Å². The third-order valence-corrected chi connectivity index (χ3v) is 2.20. The SMILES string of the molecule is COCCOCCOC(=O)[C@H](N)Cc1cnc[nH]1. The molecule has 0 aliphatic carbocycles. The van der Waals surface area contributed by atoms with E-state index in [2.05, 4.69) is 9.97 Å². The monoisotopic (exact) mass is 257 g/mol. The van der Waals surface area contributed by atoms with Crippen LogP contribution in [0.25, 0.3) is 0 Å². The maximum atomic E-state index is 11.5. The van der Waals surface area contributed by atoms with Crippen LogP contribution < -0.4 is 5.73 Å². The van der Waals surface area contributed by atoms with Crippen molar-refractivity contribution in [2.24, 2.45) is 5.73 Å². The lowest BCUT2D eigenvalue weighted by Gasteiger charge is -2.10. The first-order chi connectivity index (χ1) is 8.74. The van der Waals surface area contributed by atoms with Gasteiger partial charge in [0.1, 0.15) is 12.6 Å². The zero-order valence-electron chi connectivity index (χ0n) is 10.4. The number of nitrogens with one attached hydrogen (secondary N) is 1. The molecule has 0 spiro atoms. The van der Waals surface area contributed by atoms with Gasteiger partial charge in [-0.1, -0.05) is 0 Å². The maximum Gasteiger partial charge on any atom is 0.323 e. The van der Waals surface area contributed by atoms with Crippen LogP contribution in [-0.4, -0.2) is 55.5 Å². The molecule has 3 N–H and O–H groups in total. The maximum absolute atomic E-state index is 11.5. The molecule has 0 unspecified atom stereocenters. The van der Waals surface area contributed by atoms with Crippen LogP contribution in [0.15, 0.2) is 12.5 Å². The van der Waals surface area contributed by atoms with Gasteiger partial charge in [0.15, 0.2) is 0 Å². The summed E-state index contributed by atoms with van der Waals surface area (Å²) >= 11 is 0. The zero-order valence-corrected chi connectivity index (χ0v) is 10.4. The molecule has 0 amide bonds. The summed E-state index contributed by atoms with van der Waals surface area (Å²) in [5.74, 6) is -0.444. The number of carbonyl (C=O) groups excluding carboxylic acids is 1. The molecule has 0 aliphatic rings. The van der Waals surface area contributed by atoms with Gasteiger partial charge in [-0.3, -0.25) is 4.79 Å². The standard InChI is InChI=1S/C11H19N3O4/c1-16-2-3-17-4-5-18-11(15)10(12)6-9-7-13-8-14-9/h7-8,10H,2-6,12H2,1H3,(H,13,14)/t10-/m1/s1. The van der Waals surface area contributed by atoms with E-state index in [1.165, 1.54) is 6.33 Å². The number of aromatic nitrogens is 2. The molecule has 0 bridgehead atoms. The molecular formula is C11H19N3O4. The molecule has 7 nitrogen and oxygen atoms in total. The lowest BCUT2D eigenvalue weighted by Crippen LogP contribution is -2.35. The van der Waals surface area contributed by atoms with Crippen molar-refractivity contribution >= 4 is 5.97 Å². The molecule has 0 fully saturated rings. The number of rotatable bonds is 9. The lowest BCUT2D eigenvalue weighted by molar-refractivity contribution is -0.146. The second-order valence-electron chi connectivity index (χ2n) is 3.66. The number of H-pyrrole nitrogens is 1. The highest BCUT2D eigenvalue weighted by Gasteiger charge is 2.16. The van der Waals surface area contributed by atoms with E-state index < -0.39 is 12.0 Å². The minimum absolute atomic E-state index is 0.194. The molecule has 0 aliphatic heterocycles. The van der Waals surface area contributed by atoms with Gasteiger partial charge in [0, 0.05) is 25.4 Å². The van der Waals surface area contributed by atoms with Crippen LogP contribution in [-0.2, 0) is 25.4 Å². The smallest absolute Gasteiger partial charge is 0.323 e. The second kappa shape index (κ2) is 8.62. The van der Waals surface area contributed by atoms with E-state index >= 15 is 0 Å². The fourth-order valence-corrected chi connectivity index (χ4v) is 1.27. The van der Waals surface area contributed by atoms with Crippen LogP contribution in [0.5, 0.6) is 0 Å². The van der Waals surface area contributed by atoms with E-state index in [4.69, 9.17) is 19.9 Å². The van der Waals surface area contributed by atoms with Crippen molar-refractivity contribution in [3.63, 3.8) is 0 Å². The van der Waals surface area contributed by atoms with Crippen molar-refractivity contribution in [2.75, 3.05) is 33.5 Å². The molecule has 0 aromatic carbocycles. The van der Waals surface area contributed by atoms with Crippen molar-refractivity contribution < 1.29 is 19.0 Å². The van der Waals surface area contributed by atoms with Crippen LogP contribution in [0.2, 0.25) is 0 Å². The second-order valence-corrected chi connectivity index (χ2v) is 3.66. The van der Waals surface area contributed by atoms with Crippen molar-refractivity contribution in [1.29, 1.82) is 0 Å². The predicted octanol–water partition coefficient (Wildman–Crippen LogP) is -0.514. The van der Waals surface area contributed by atoms with Crippen LogP contribution >= 0.6 is 0 Å². The van der Waals surface area contributed by atoms with Gasteiger partial charge in [0.25, 0.3) is 0 Å². The average molecular weight is 257 g/mol. The Hall–Kier alpha value is -1.44. The summed E-state index contributed by atoms with van der Waals surface area (Å²) in [4.78, 5) is 18.2. The number of imidazole rings is 1. The first kappa shape index (κ1) is 14.6. The van der Waals surface area contributed by atoms with Gasteiger partial charge in [0.2, 0.25) is 0 Å². The highest BCUT2D eigenvalue weighted by molar-refractivity contribution is 5.75. The van der Waals surface area contributed by atoms with Crippen LogP contribution in [0.3, 0.4) is 0 Å². The van der Waals surface area contributed by atoms with E-state index in [1.807, 2.05) is 0 Å². The van der Waals surface area contributed by atoms with E-state index in [9.17, 15) is 4.79 Å². The first-order valence-corrected chi connectivity index (χ1v) is 5.70. The van der Waals surface area contributed by atoms with E-state index in [0.29, 0.717) is 26.2 Å². The Morgan fingerprint density at radius 1 is 1.44 bits per heavy atom. The molecule has 1 aromatic rings. The summed E-state index contributed by atoms with van der Waals surface area (Å²) < 4.78 is 14.9. The Balaban J connectivity index is 2.08. The van der Waals surface area contributed by atoms with Crippen LogP contribution in [0.4, 0.5) is 0 Å². The number of hydrogen-bond acceptors (Lipinski definition) is 6. The summed E-state index contributed by atoms with van der Waals surface area (Å²) in [5, 5.41) is 0. The Kier molecular flexibility index (Phi) is 7.00. The quantitative estimate of drug-likeness (QED) is 0.456. The number of methoxy groups -OCH3 is 1. The van der Waals surface area contributed by atoms with E-state index in [0.717, 1.165) is 5.69 Å². The average Bonchev–Trinajstić information content (AvgIpc) is 2.86.